The number of amidine groups is 1. The highest BCUT2D eigenvalue weighted by Crippen LogP contribution is 2.55. The number of nitrogens with one attached hydrogen (secondary N) is 2. The van der Waals surface area contributed by atoms with Crippen LogP contribution in [0.1, 0.15) is 62.1 Å². The van der Waals surface area contributed by atoms with Crippen LogP contribution in [-0.2, 0) is 0 Å². The molecule has 27 heavy (non-hydrogen) atoms. The summed E-state index contributed by atoms with van der Waals surface area (Å²) in [6.07, 6.45) is 9.41. The second-order valence-electron chi connectivity index (χ2n) is 8.05. The zero-order valence-corrected chi connectivity index (χ0v) is 15.2. The summed E-state index contributed by atoms with van der Waals surface area (Å²) >= 11 is 0. The maximum Gasteiger partial charge on any atom is 0.251 e. The summed E-state index contributed by atoms with van der Waals surface area (Å²) in [6, 6.07) is 1.63. The second-order valence-corrected chi connectivity index (χ2v) is 8.05. The molecule has 1 aliphatic heterocycles. The van der Waals surface area contributed by atoms with Gasteiger partial charge in [0, 0.05) is 23.1 Å². The molecule has 0 atom stereocenters. The number of aromatic amines is 1. The van der Waals surface area contributed by atoms with Crippen molar-refractivity contribution in [2.45, 2.75) is 50.9 Å². The molecule has 8 nitrogen and oxygen atoms in total. The number of hydrogen-bond acceptors (Lipinski definition) is 5. The third-order valence-electron chi connectivity index (χ3n) is 6.42. The largest absolute Gasteiger partial charge is 0.409 e. The predicted molar refractivity (Wildman–Crippen MR) is 102 cm³/mol. The number of piperidine rings is 1. The van der Waals surface area contributed by atoms with Crippen LogP contribution in [0.2, 0.25) is 0 Å². The van der Waals surface area contributed by atoms with E-state index in [4.69, 9.17) is 0 Å². The zero-order chi connectivity index (χ0) is 18.4. The first-order chi connectivity index (χ1) is 13.2. The molecule has 2 aromatic rings. The third kappa shape index (κ3) is 2.79. The smallest absolute Gasteiger partial charge is 0.251 e. The lowest BCUT2D eigenvalue weighted by Gasteiger charge is -2.23. The van der Waals surface area contributed by atoms with Crippen LogP contribution in [0.5, 0.6) is 0 Å². The minimum absolute atomic E-state index is 0.165. The van der Waals surface area contributed by atoms with Crippen LogP contribution >= 0.6 is 0 Å². The summed E-state index contributed by atoms with van der Waals surface area (Å²) in [6.45, 7) is 1.87. The highest BCUT2D eigenvalue weighted by Gasteiger charge is 2.52. The average molecular weight is 368 g/mol. The molecule has 2 aliphatic carbocycles. The zero-order valence-electron chi connectivity index (χ0n) is 15.2. The van der Waals surface area contributed by atoms with Gasteiger partial charge in [-0.3, -0.25) is 4.79 Å². The molecule has 0 aromatic carbocycles. The average Bonchev–Trinajstić information content (AvgIpc) is 3.00. The molecule has 3 N–H and O–H groups in total. The van der Waals surface area contributed by atoms with Crippen molar-refractivity contribution in [3.63, 3.8) is 0 Å². The summed E-state index contributed by atoms with van der Waals surface area (Å²) in [4.78, 5) is 19.8. The van der Waals surface area contributed by atoms with E-state index in [-0.39, 0.29) is 22.7 Å². The van der Waals surface area contributed by atoms with Crippen molar-refractivity contribution < 1.29 is 5.21 Å². The summed E-state index contributed by atoms with van der Waals surface area (Å²) in [7, 11) is 0. The van der Waals surface area contributed by atoms with E-state index in [9.17, 15) is 10.0 Å². The van der Waals surface area contributed by atoms with Gasteiger partial charge in [-0.05, 0) is 45.2 Å². The number of oxime groups is 1. The topological polar surface area (TPSA) is 107 Å². The van der Waals surface area contributed by atoms with Crippen LogP contribution < -0.4 is 10.9 Å². The molecule has 0 bridgehead atoms. The fourth-order valence-corrected chi connectivity index (χ4v) is 4.80. The lowest BCUT2D eigenvalue weighted by atomic mass is 9.94. The Morgan fingerprint density at radius 3 is 2.81 bits per heavy atom. The van der Waals surface area contributed by atoms with E-state index in [0.717, 1.165) is 43.8 Å². The van der Waals surface area contributed by atoms with Gasteiger partial charge in [0.2, 0.25) is 5.84 Å². The van der Waals surface area contributed by atoms with Crippen molar-refractivity contribution in [1.82, 2.24) is 19.9 Å². The normalized spacial score (nSPS) is 24.3. The van der Waals surface area contributed by atoms with E-state index in [2.05, 4.69) is 25.5 Å². The second kappa shape index (κ2) is 6.30. The van der Waals surface area contributed by atoms with Crippen molar-refractivity contribution in [2.24, 2.45) is 15.6 Å². The van der Waals surface area contributed by atoms with Gasteiger partial charge in [-0.1, -0.05) is 18.0 Å². The van der Waals surface area contributed by atoms with Gasteiger partial charge >= 0.3 is 0 Å². The molecular weight excluding hydrogens is 344 g/mol. The van der Waals surface area contributed by atoms with Crippen LogP contribution in [0.15, 0.2) is 27.2 Å². The van der Waals surface area contributed by atoms with E-state index in [1.807, 2.05) is 0 Å². The van der Waals surface area contributed by atoms with Crippen LogP contribution in [-0.4, -0.2) is 44.4 Å². The maximum absolute atomic E-state index is 12.3. The maximum atomic E-state index is 12.3. The van der Waals surface area contributed by atoms with E-state index in [0.29, 0.717) is 11.2 Å². The Morgan fingerprint density at radius 2 is 2.07 bits per heavy atom. The van der Waals surface area contributed by atoms with Crippen molar-refractivity contribution in [1.29, 1.82) is 0 Å². The number of nitrogens with zero attached hydrogens (tertiary/aromatic N) is 4. The fraction of sp³-hybridized carbons (Fsp3) is 0.579. The SMILES string of the molecule is O=c1cc(C2CCNCC2)n2ncc(C(=N/O)/N=C3\CC34CCCC4)c2[nH]1. The van der Waals surface area contributed by atoms with Gasteiger partial charge in [-0.15, -0.1) is 0 Å². The highest BCUT2D eigenvalue weighted by molar-refractivity contribution is 6.16. The Balaban J connectivity index is 1.55. The Labute approximate surface area is 156 Å². The first-order valence-corrected chi connectivity index (χ1v) is 9.82. The number of H-pyrrole nitrogens is 1. The molecule has 2 saturated carbocycles. The Bertz CT molecular complexity index is 989. The lowest BCUT2D eigenvalue weighted by molar-refractivity contribution is 0.319. The van der Waals surface area contributed by atoms with Crippen molar-refractivity contribution >= 4 is 17.2 Å². The van der Waals surface area contributed by atoms with Gasteiger partial charge in [0.1, 0.15) is 5.65 Å². The van der Waals surface area contributed by atoms with Crippen LogP contribution in [0, 0.1) is 5.41 Å². The number of rotatable bonds is 2. The third-order valence-corrected chi connectivity index (χ3v) is 6.42. The molecule has 3 aliphatic rings. The minimum atomic E-state index is -0.165. The summed E-state index contributed by atoms with van der Waals surface area (Å²) in [5.41, 5.74) is 3.22. The molecule has 5 rings (SSSR count). The first-order valence-electron chi connectivity index (χ1n) is 9.82. The van der Waals surface area contributed by atoms with E-state index < -0.39 is 0 Å². The molecule has 142 valence electrons. The number of fused-ring (bicyclic) bond motifs is 1. The molecule has 0 unspecified atom stereocenters. The van der Waals surface area contributed by atoms with Gasteiger partial charge in [-0.2, -0.15) is 5.10 Å². The monoisotopic (exact) mass is 368 g/mol. The number of aromatic nitrogens is 3. The van der Waals surface area contributed by atoms with E-state index >= 15 is 0 Å². The van der Waals surface area contributed by atoms with Gasteiger partial charge in [-0.25, -0.2) is 9.51 Å². The summed E-state index contributed by atoms with van der Waals surface area (Å²) in [5.74, 6) is 0.525. The molecule has 3 fully saturated rings. The molecule has 0 amide bonds. The highest BCUT2D eigenvalue weighted by atomic mass is 16.4. The van der Waals surface area contributed by atoms with E-state index in [1.54, 1.807) is 16.8 Å². The molecule has 2 aromatic heterocycles. The Hall–Kier alpha value is -2.48. The molecule has 1 spiro atoms. The molecule has 0 radical (unpaired) electrons. The molecule has 8 heteroatoms. The van der Waals surface area contributed by atoms with Crippen molar-refractivity contribution in [3.8, 4) is 0 Å². The van der Waals surface area contributed by atoms with Crippen LogP contribution in [0.3, 0.4) is 0 Å². The molecule has 3 heterocycles. The standard InChI is InChI=1S/C19H24N6O2/c26-16-9-14(12-3-7-20-8-4-12)25-18(23-16)13(11-21-25)17(24-27)22-15-10-19(15)5-1-2-6-19/h9,11-12,20,27H,1-8,10H2,(H,23,26)/b22-15+,24-17-. The van der Waals surface area contributed by atoms with Crippen LogP contribution in [0.25, 0.3) is 5.65 Å². The van der Waals surface area contributed by atoms with Crippen molar-refractivity contribution in [2.75, 3.05) is 13.1 Å². The minimum Gasteiger partial charge on any atom is -0.409 e. The number of hydrogen-bond donors (Lipinski definition) is 3. The molecular formula is C19H24N6O2. The fourth-order valence-electron chi connectivity index (χ4n) is 4.80. The van der Waals surface area contributed by atoms with Gasteiger partial charge < -0.3 is 15.5 Å². The summed E-state index contributed by atoms with van der Waals surface area (Å²) < 4.78 is 1.77. The number of aliphatic imine (C=N–C) groups is 1. The summed E-state index contributed by atoms with van der Waals surface area (Å²) in [5, 5.41) is 20.9. The molecule has 1 saturated heterocycles. The van der Waals surface area contributed by atoms with Gasteiger partial charge in [0.05, 0.1) is 17.5 Å². The van der Waals surface area contributed by atoms with Gasteiger partial charge in [0.25, 0.3) is 5.56 Å². The van der Waals surface area contributed by atoms with E-state index in [1.165, 1.54) is 25.7 Å². The lowest BCUT2D eigenvalue weighted by Crippen LogP contribution is -2.28. The van der Waals surface area contributed by atoms with Gasteiger partial charge in [0.15, 0.2) is 0 Å². The predicted octanol–water partition coefficient (Wildman–Crippen LogP) is 2.03. The Morgan fingerprint density at radius 1 is 1.30 bits per heavy atom. The van der Waals surface area contributed by atoms with Crippen molar-refractivity contribution in [3.05, 3.63) is 33.9 Å². The first kappa shape index (κ1) is 16.7. The van der Waals surface area contributed by atoms with Crippen LogP contribution in [0.4, 0.5) is 0 Å². The Kier molecular flexibility index (Phi) is 3.89. The quantitative estimate of drug-likeness (QED) is 0.326.